The van der Waals surface area contributed by atoms with Crippen LogP contribution in [0.2, 0.25) is 5.02 Å². The van der Waals surface area contributed by atoms with Crippen molar-refractivity contribution in [3.8, 4) is 11.5 Å². The maximum atomic E-state index is 15.1. The zero-order chi connectivity index (χ0) is 27.0. The first-order valence-corrected chi connectivity index (χ1v) is 12.8. The molecule has 0 spiro atoms. The number of hydrogen-bond donors (Lipinski definition) is 0. The minimum absolute atomic E-state index is 0.170. The van der Waals surface area contributed by atoms with Gasteiger partial charge in [0.15, 0.2) is 11.5 Å². The van der Waals surface area contributed by atoms with E-state index >= 15 is 4.39 Å². The first kappa shape index (κ1) is 25.9. The summed E-state index contributed by atoms with van der Waals surface area (Å²) in [7, 11) is 4.60. The number of likely N-dealkylation sites (N-methyl/N-ethyl adjacent to an activating group) is 1. The smallest absolute Gasteiger partial charge is 0.254 e. The van der Waals surface area contributed by atoms with E-state index in [4.69, 9.17) is 21.1 Å². The van der Waals surface area contributed by atoms with E-state index in [-0.39, 0.29) is 11.8 Å². The first-order valence-electron chi connectivity index (χ1n) is 12.4. The fourth-order valence-corrected chi connectivity index (χ4v) is 5.66. The van der Waals surface area contributed by atoms with Gasteiger partial charge in [0.1, 0.15) is 5.82 Å². The summed E-state index contributed by atoms with van der Waals surface area (Å²) in [5.41, 5.74) is 2.13. The molecule has 0 N–H and O–H groups in total. The summed E-state index contributed by atoms with van der Waals surface area (Å²) < 4.78 is 26.1. The summed E-state index contributed by atoms with van der Waals surface area (Å²) >= 11 is 6.18. The molecule has 9 heteroatoms. The monoisotopic (exact) mass is 537 g/mol. The van der Waals surface area contributed by atoms with Gasteiger partial charge in [-0.3, -0.25) is 9.59 Å². The van der Waals surface area contributed by atoms with Crippen LogP contribution < -0.4 is 14.4 Å². The predicted octanol–water partition coefficient (Wildman–Crippen LogP) is 4.76. The zero-order valence-corrected chi connectivity index (χ0v) is 22.2. The van der Waals surface area contributed by atoms with E-state index in [9.17, 15) is 9.59 Å². The molecule has 2 atom stereocenters. The van der Waals surface area contributed by atoms with Gasteiger partial charge < -0.3 is 24.2 Å². The summed E-state index contributed by atoms with van der Waals surface area (Å²) in [6.07, 6.45) is 0. The lowest BCUT2D eigenvalue weighted by molar-refractivity contribution is -0.134. The number of halogens is 2. The molecule has 0 radical (unpaired) electrons. The van der Waals surface area contributed by atoms with Gasteiger partial charge in [-0.2, -0.15) is 0 Å². The number of fused-ring (bicyclic) bond motifs is 1. The Morgan fingerprint density at radius 3 is 2.26 bits per heavy atom. The van der Waals surface area contributed by atoms with E-state index in [1.54, 1.807) is 42.3 Å². The van der Waals surface area contributed by atoms with Crippen molar-refractivity contribution in [2.24, 2.45) is 0 Å². The fraction of sp³-hybridized carbons (Fsp3) is 0.310. The summed E-state index contributed by atoms with van der Waals surface area (Å²) in [5, 5.41) is 0.657. The second-order valence-corrected chi connectivity index (χ2v) is 9.88. The lowest BCUT2D eigenvalue weighted by atomic mass is 9.78. The molecule has 0 saturated carbocycles. The molecule has 0 bridgehead atoms. The average Bonchev–Trinajstić information content (AvgIpc) is 2.94. The maximum Gasteiger partial charge on any atom is 0.254 e. The van der Waals surface area contributed by atoms with Crippen LogP contribution >= 0.6 is 11.6 Å². The number of rotatable bonds is 5. The molecule has 5 rings (SSSR count). The third-order valence-electron chi connectivity index (χ3n) is 7.43. The molecule has 2 unspecified atom stereocenters. The van der Waals surface area contributed by atoms with Crippen molar-refractivity contribution in [3.63, 3.8) is 0 Å². The Hall–Kier alpha value is -3.78. The standard InChI is InChI=1S/C29H29ClFN3O4/c1-32-27(20-9-4-5-10-23(20)31)26(21-16-24(37-2)25(38-3)17-22(21)28(32)35)29(36)34-13-11-33(12-14-34)19-8-6-7-18(30)15-19/h4-10,15-17,26-27H,11-14H2,1-3H3. The van der Waals surface area contributed by atoms with Gasteiger partial charge in [0.2, 0.25) is 5.91 Å². The maximum absolute atomic E-state index is 15.1. The molecule has 2 aliphatic heterocycles. The number of hydrogen-bond acceptors (Lipinski definition) is 5. The van der Waals surface area contributed by atoms with Crippen molar-refractivity contribution < 1.29 is 23.5 Å². The Kier molecular flexibility index (Phi) is 7.17. The van der Waals surface area contributed by atoms with Crippen LogP contribution in [0.5, 0.6) is 11.5 Å². The van der Waals surface area contributed by atoms with Crippen LogP contribution in [0.25, 0.3) is 0 Å². The Bertz CT molecular complexity index is 1380. The predicted molar refractivity (Wildman–Crippen MR) is 144 cm³/mol. The molecule has 0 aliphatic carbocycles. The Balaban J connectivity index is 1.54. The highest BCUT2D eigenvalue weighted by molar-refractivity contribution is 6.30. The summed E-state index contributed by atoms with van der Waals surface area (Å²) in [4.78, 5) is 33.2. The third-order valence-corrected chi connectivity index (χ3v) is 7.66. The fourth-order valence-electron chi connectivity index (χ4n) is 5.47. The van der Waals surface area contributed by atoms with Crippen molar-refractivity contribution in [2.75, 3.05) is 52.3 Å². The molecule has 3 aromatic carbocycles. The Morgan fingerprint density at radius 1 is 0.921 bits per heavy atom. The second kappa shape index (κ2) is 10.5. The van der Waals surface area contributed by atoms with Crippen LogP contribution in [0, 0.1) is 5.82 Å². The molecule has 2 aliphatic rings. The number of methoxy groups -OCH3 is 2. The summed E-state index contributed by atoms with van der Waals surface area (Å²) in [6.45, 7) is 2.20. The molecular weight excluding hydrogens is 509 g/mol. The van der Waals surface area contributed by atoms with E-state index in [0.717, 1.165) is 5.69 Å². The number of nitrogens with zero attached hydrogens (tertiary/aromatic N) is 3. The zero-order valence-electron chi connectivity index (χ0n) is 21.5. The summed E-state index contributed by atoms with van der Waals surface area (Å²) in [5.74, 6) is -0.995. The average molecular weight is 538 g/mol. The molecule has 2 heterocycles. The molecule has 38 heavy (non-hydrogen) atoms. The molecule has 3 aromatic rings. The van der Waals surface area contributed by atoms with Gasteiger partial charge in [-0.1, -0.05) is 35.9 Å². The van der Waals surface area contributed by atoms with Crippen molar-refractivity contribution in [1.82, 2.24) is 9.80 Å². The minimum Gasteiger partial charge on any atom is -0.493 e. The minimum atomic E-state index is -0.831. The van der Waals surface area contributed by atoms with Gasteiger partial charge >= 0.3 is 0 Å². The van der Waals surface area contributed by atoms with Crippen LogP contribution in [0.4, 0.5) is 10.1 Å². The largest absolute Gasteiger partial charge is 0.493 e. The van der Waals surface area contributed by atoms with E-state index < -0.39 is 17.8 Å². The van der Waals surface area contributed by atoms with E-state index in [1.165, 1.54) is 25.2 Å². The van der Waals surface area contributed by atoms with E-state index in [2.05, 4.69) is 4.90 Å². The Morgan fingerprint density at radius 2 is 1.61 bits per heavy atom. The molecule has 1 saturated heterocycles. The number of carbonyl (C=O) groups excluding carboxylic acids is 2. The van der Waals surface area contributed by atoms with Gasteiger partial charge in [-0.25, -0.2) is 4.39 Å². The lowest BCUT2D eigenvalue weighted by Gasteiger charge is -2.43. The SMILES string of the molecule is COc1cc2c(cc1OC)C(C(=O)N1CCN(c3cccc(Cl)c3)CC1)C(c1ccccc1F)N(C)C2=O. The van der Waals surface area contributed by atoms with Crippen LogP contribution in [-0.4, -0.2) is 69.1 Å². The van der Waals surface area contributed by atoms with Gasteiger partial charge in [0.25, 0.3) is 5.91 Å². The molecule has 7 nitrogen and oxygen atoms in total. The van der Waals surface area contributed by atoms with Crippen LogP contribution in [0.3, 0.4) is 0 Å². The van der Waals surface area contributed by atoms with Crippen LogP contribution in [0.15, 0.2) is 60.7 Å². The van der Waals surface area contributed by atoms with Crippen molar-refractivity contribution in [1.29, 1.82) is 0 Å². The molecule has 198 valence electrons. The lowest BCUT2D eigenvalue weighted by Crippen LogP contribution is -2.53. The molecule has 2 amide bonds. The highest BCUT2D eigenvalue weighted by Gasteiger charge is 2.46. The molecule has 1 fully saturated rings. The quantitative estimate of drug-likeness (QED) is 0.470. The molecule has 0 aromatic heterocycles. The van der Waals surface area contributed by atoms with Gasteiger partial charge in [-0.15, -0.1) is 0 Å². The molecular formula is C29H29ClFN3O4. The number of benzene rings is 3. The third kappa shape index (κ3) is 4.53. The summed E-state index contributed by atoms with van der Waals surface area (Å²) in [6, 6.07) is 16.4. The second-order valence-electron chi connectivity index (χ2n) is 9.45. The number of amides is 2. The number of ether oxygens (including phenoxy) is 2. The first-order chi connectivity index (χ1) is 18.3. The topological polar surface area (TPSA) is 62.3 Å². The number of anilines is 1. The Labute approximate surface area is 226 Å². The van der Waals surface area contributed by atoms with Gasteiger partial charge in [-0.05, 0) is 42.0 Å². The van der Waals surface area contributed by atoms with Crippen molar-refractivity contribution >= 4 is 29.1 Å². The van der Waals surface area contributed by atoms with Gasteiger partial charge in [0, 0.05) is 55.1 Å². The normalized spacial score (nSPS) is 19.3. The van der Waals surface area contributed by atoms with E-state index in [1.807, 2.05) is 24.3 Å². The van der Waals surface area contributed by atoms with Crippen molar-refractivity contribution in [2.45, 2.75) is 12.0 Å². The van der Waals surface area contributed by atoms with Gasteiger partial charge in [0.05, 0.1) is 26.2 Å². The number of carbonyl (C=O) groups is 2. The van der Waals surface area contributed by atoms with Crippen LogP contribution in [0.1, 0.15) is 33.4 Å². The van der Waals surface area contributed by atoms with Crippen LogP contribution in [-0.2, 0) is 4.79 Å². The van der Waals surface area contributed by atoms with E-state index in [0.29, 0.717) is 59.4 Å². The highest BCUT2D eigenvalue weighted by Crippen LogP contribution is 2.46. The highest BCUT2D eigenvalue weighted by atomic mass is 35.5. The van der Waals surface area contributed by atoms with Crippen molar-refractivity contribution in [3.05, 3.63) is 88.2 Å². The number of piperazine rings is 1.